The van der Waals surface area contributed by atoms with Crippen molar-refractivity contribution in [2.24, 2.45) is 5.73 Å². The van der Waals surface area contributed by atoms with E-state index in [1.54, 1.807) is 12.1 Å². The molecule has 1 aliphatic rings. The predicted octanol–water partition coefficient (Wildman–Crippen LogP) is 2.14. The Labute approximate surface area is 159 Å². The fraction of sp³-hybridized carbons (Fsp3) is 0.350. The molecule has 0 spiro atoms. The second kappa shape index (κ2) is 6.81. The van der Waals surface area contributed by atoms with Crippen molar-refractivity contribution in [3.63, 3.8) is 0 Å². The molecular formula is C20H21N3O3S. The van der Waals surface area contributed by atoms with Gasteiger partial charge >= 0.3 is 5.69 Å². The molecular weight excluding hydrogens is 362 g/mol. The summed E-state index contributed by atoms with van der Waals surface area (Å²) in [7, 11) is 0. The Balaban J connectivity index is 2.07. The maximum atomic E-state index is 13.3. The topological polar surface area (TPSA) is 87.1 Å². The summed E-state index contributed by atoms with van der Waals surface area (Å²) in [6.45, 7) is 1.81. The summed E-state index contributed by atoms with van der Waals surface area (Å²) in [5.41, 5.74) is 7.23. The fourth-order valence-corrected chi connectivity index (χ4v) is 5.14. The van der Waals surface area contributed by atoms with Gasteiger partial charge in [-0.1, -0.05) is 19.1 Å². The van der Waals surface area contributed by atoms with Crippen molar-refractivity contribution in [1.82, 2.24) is 9.13 Å². The van der Waals surface area contributed by atoms with Crippen LogP contribution in [-0.2, 0) is 30.6 Å². The molecule has 0 bridgehead atoms. The molecule has 140 valence electrons. The predicted molar refractivity (Wildman–Crippen MR) is 107 cm³/mol. The highest BCUT2D eigenvalue weighted by atomic mass is 32.1. The molecule has 1 aromatic carbocycles. The number of aromatic nitrogens is 2. The summed E-state index contributed by atoms with van der Waals surface area (Å²) in [6, 6.07) is 7.38. The van der Waals surface area contributed by atoms with E-state index < -0.39 is 11.6 Å². The number of hydrogen-bond donors (Lipinski definition) is 1. The van der Waals surface area contributed by atoms with Crippen molar-refractivity contribution in [3.05, 3.63) is 61.1 Å². The average molecular weight is 383 g/mol. The first-order valence-electron chi connectivity index (χ1n) is 9.19. The molecule has 4 rings (SSSR count). The van der Waals surface area contributed by atoms with Crippen LogP contribution in [0.3, 0.4) is 0 Å². The highest BCUT2D eigenvalue weighted by molar-refractivity contribution is 7.18. The van der Waals surface area contributed by atoms with Gasteiger partial charge in [0.25, 0.3) is 5.56 Å². The van der Waals surface area contributed by atoms with Gasteiger partial charge in [-0.2, -0.15) is 0 Å². The van der Waals surface area contributed by atoms with E-state index in [2.05, 4.69) is 0 Å². The Morgan fingerprint density at radius 2 is 1.85 bits per heavy atom. The number of nitrogens with two attached hydrogens (primary N) is 1. The first kappa shape index (κ1) is 17.7. The molecule has 6 nitrogen and oxygen atoms in total. The lowest BCUT2D eigenvalue weighted by molar-refractivity contribution is -0.118. The molecule has 0 unspecified atom stereocenters. The Bertz CT molecular complexity index is 1150. The van der Waals surface area contributed by atoms with Crippen LogP contribution in [0.25, 0.3) is 15.9 Å². The van der Waals surface area contributed by atoms with Gasteiger partial charge in [-0.05, 0) is 55.4 Å². The van der Waals surface area contributed by atoms with Crippen molar-refractivity contribution in [3.8, 4) is 5.69 Å². The van der Waals surface area contributed by atoms with Crippen LogP contribution in [0.1, 0.15) is 35.8 Å². The Morgan fingerprint density at radius 3 is 2.52 bits per heavy atom. The van der Waals surface area contributed by atoms with Gasteiger partial charge in [0, 0.05) is 4.88 Å². The monoisotopic (exact) mass is 383 g/mol. The number of fused-ring (bicyclic) bond motifs is 3. The average Bonchev–Trinajstić information content (AvgIpc) is 3.05. The minimum atomic E-state index is -0.601. The van der Waals surface area contributed by atoms with Gasteiger partial charge in [-0.15, -0.1) is 11.3 Å². The van der Waals surface area contributed by atoms with Crippen LogP contribution in [0.15, 0.2) is 33.9 Å². The quantitative estimate of drug-likeness (QED) is 0.749. The van der Waals surface area contributed by atoms with Crippen molar-refractivity contribution in [2.75, 3.05) is 0 Å². The number of primary amides is 1. The molecule has 1 aliphatic carbocycles. The van der Waals surface area contributed by atoms with Crippen LogP contribution < -0.4 is 17.0 Å². The van der Waals surface area contributed by atoms with Crippen molar-refractivity contribution >= 4 is 27.5 Å². The molecule has 0 saturated heterocycles. The molecule has 1 amide bonds. The first-order chi connectivity index (χ1) is 13.0. The van der Waals surface area contributed by atoms with Crippen LogP contribution in [0.5, 0.6) is 0 Å². The van der Waals surface area contributed by atoms with E-state index >= 15 is 0 Å². The zero-order valence-corrected chi connectivity index (χ0v) is 16.0. The van der Waals surface area contributed by atoms with E-state index in [0.29, 0.717) is 15.9 Å². The molecule has 3 aromatic rings. The lowest BCUT2D eigenvalue weighted by Crippen LogP contribution is -2.40. The largest absolute Gasteiger partial charge is 0.368 e. The lowest BCUT2D eigenvalue weighted by atomic mass is 9.97. The van der Waals surface area contributed by atoms with Gasteiger partial charge in [0.1, 0.15) is 11.4 Å². The van der Waals surface area contributed by atoms with Crippen LogP contribution in [0.4, 0.5) is 0 Å². The number of benzene rings is 1. The number of carbonyl (C=O) groups is 1. The minimum Gasteiger partial charge on any atom is -0.368 e. The van der Waals surface area contributed by atoms with Crippen molar-refractivity contribution < 1.29 is 4.79 Å². The molecule has 0 atom stereocenters. The summed E-state index contributed by atoms with van der Waals surface area (Å²) in [4.78, 5) is 39.8. The molecule has 0 saturated carbocycles. The van der Waals surface area contributed by atoms with Gasteiger partial charge in [0.2, 0.25) is 5.91 Å². The molecule has 2 N–H and O–H groups in total. The van der Waals surface area contributed by atoms with Crippen LogP contribution in [-0.4, -0.2) is 15.0 Å². The van der Waals surface area contributed by atoms with Crippen molar-refractivity contribution in [2.45, 2.75) is 45.6 Å². The Kier molecular flexibility index (Phi) is 4.47. The highest BCUT2D eigenvalue weighted by Crippen LogP contribution is 2.34. The molecule has 0 radical (unpaired) electrons. The standard InChI is InChI=1S/C20H21N3O3S/c1-2-12-7-9-13(10-8-12)23-18(25)17-14-5-3-4-6-15(14)27-19(17)22(20(23)26)11-16(21)24/h7-10H,2-6,11H2,1H3,(H2,21,24). The zero-order chi connectivity index (χ0) is 19.1. The molecule has 0 aliphatic heterocycles. The van der Waals surface area contributed by atoms with E-state index in [1.165, 1.54) is 20.5 Å². The molecule has 7 heteroatoms. The number of nitrogens with zero attached hydrogens (tertiary/aromatic N) is 2. The van der Waals surface area contributed by atoms with Crippen LogP contribution in [0, 0.1) is 0 Å². The van der Waals surface area contributed by atoms with Gasteiger partial charge in [-0.25, -0.2) is 9.36 Å². The van der Waals surface area contributed by atoms with Gasteiger partial charge in [0.05, 0.1) is 11.1 Å². The number of aryl methyl sites for hydroxylation is 3. The lowest BCUT2D eigenvalue weighted by Gasteiger charge is -2.13. The van der Waals surface area contributed by atoms with Gasteiger partial charge in [-0.3, -0.25) is 14.2 Å². The smallest absolute Gasteiger partial charge is 0.337 e. The Morgan fingerprint density at radius 1 is 1.15 bits per heavy atom. The van der Waals surface area contributed by atoms with Crippen LogP contribution >= 0.6 is 11.3 Å². The summed E-state index contributed by atoms with van der Waals surface area (Å²) in [5, 5.41) is 0.565. The van der Waals surface area contributed by atoms with Crippen LogP contribution in [0.2, 0.25) is 0 Å². The Hall–Kier alpha value is -2.67. The van der Waals surface area contributed by atoms with Crippen molar-refractivity contribution in [1.29, 1.82) is 0 Å². The molecule has 2 aromatic heterocycles. The second-order valence-electron chi connectivity index (χ2n) is 6.89. The fourth-order valence-electron chi connectivity index (χ4n) is 3.77. The summed E-state index contributed by atoms with van der Waals surface area (Å²) in [5.74, 6) is -0.601. The maximum absolute atomic E-state index is 13.3. The number of carbonyl (C=O) groups excluding carboxylic acids is 1. The maximum Gasteiger partial charge on any atom is 0.337 e. The highest BCUT2D eigenvalue weighted by Gasteiger charge is 2.24. The van der Waals surface area contributed by atoms with Gasteiger partial charge < -0.3 is 5.73 Å². The third kappa shape index (κ3) is 2.92. The van der Waals surface area contributed by atoms with E-state index in [9.17, 15) is 14.4 Å². The van der Waals surface area contributed by atoms with E-state index in [4.69, 9.17) is 5.73 Å². The molecule has 27 heavy (non-hydrogen) atoms. The summed E-state index contributed by atoms with van der Waals surface area (Å²) < 4.78 is 2.53. The molecule has 2 heterocycles. The summed E-state index contributed by atoms with van der Waals surface area (Å²) >= 11 is 1.45. The second-order valence-corrected chi connectivity index (χ2v) is 7.97. The SMILES string of the molecule is CCc1ccc(-n2c(=O)c3c4c(sc3n(CC(N)=O)c2=O)CCCC4)cc1. The van der Waals surface area contributed by atoms with Gasteiger partial charge in [0.15, 0.2) is 0 Å². The molecule has 0 fully saturated rings. The number of amides is 1. The zero-order valence-electron chi connectivity index (χ0n) is 15.2. The normalized spacial score (nSPS) is 13.7. The minimum absolute atomic E-state index is 0.234. The number of rotatable bonds is 4. The number of hydrogen-bond acceptors (Lipinski definition) is 4. The first-order valence-corrected chi connectivity index (χ1v) is 10.0. The van der Waals surface area contributed by atoms with E-state index in [-0.39, 0.29) is 12.1 Å². The number of thiophene rings is 1. The third-order valence-corrected chi connectivity index (χ3v) is 6.47. The van der Waals surface area contributed by atoms with E-state index in [1.807, 2.05) is 19.1 Å². The summed E-state index contributed by atoms with van der Waals surface area (Å²) in [6.07, 6.45) is 4.71. The van der Waals surface area contributed by atoms with E-state index in [0.717, 1.165) is 48.1 Å². The third-order valence-electron chi connectivity index (χ3n) is 5.15.